The number of halogens is 5. The van der Waals surface area contributed by atoms with E-state index in [1.807, 2.05) is 6.92 Å². The molecule has 3 rings (SSSR count). The molecule has 36 heavy (non-hydrogen) atoms. The highest BCUT2D eigenvalue weighted by atomic mass is 35.5. The van der Waals surface area contributed by atoms with Gasteiger partial charge in [-0.1, -0.05) is 63.7 Å². The zero-order valence-electron chi connectivity index (χ0n) is 19.6. The maximum atomic E-state index is 14.3. The van der Waals surface area contributed by atoms with Crippen LogP contribution in [-0.2, 0) is 11.9 Å². The van der Waals surface area contributed by atoms with Crippen LogP contribution >= 0.6 is 46.4 Å². The first-order valence-corrected chi connectivity index (χ1v) is 12.5. The summed E-state index contributed by atoms with van der Waals surface area (Å²) in [6, 6.07) is 9.75. The van der Waals surface area contributed by atoms with Crippen LogP contribution in [0.25, 0.3) is 11.3 Å². The maximum absolute atomic E-state index is 14.3. The Bertz CT molecular complexity index is 1220. The number of aromatic nitrogens is 2. The van der Waals surface area contributed by atoms with E-state index >= 15 is 0 Å². The van der Waals surface area contributed by atoms with Crippen molar-refractivity contribution < 1.29 is 18.7 Å². The molecule has 0 spiro atoms. The molecule has 192 valence electrons. The zero-order chi connectivity index (χ0) is 26.1. The van der Waals surface area contributed by atoms with E-state index in [0.29, 0.717) is 64.4 Å². The Kier molecular flexibility index (Phi) is 10.7. The van der Waals surface area contributed by atoms with E-state index in [9.17, 15) is 4.39 Å². The van der Waals surface area contributed by atoms with Crippen molar-refractivity contribution in [1.29, 1.82) is 0 Å². The van der Waals surface area contributed by atoms with Crippen LogP contribution in [0.4, 0.5) is 4.39 Å². The normalized spacial score (nSPS) is 11.1. The molecule has 0 bridgehead atoms. The molecule has 0 aliphatic rings. The number of aryl methyl sites for hydroxylation is 2. The Morgan fingerprint density at radius 2 is 1.78 bits per heavy atom. The Balaban J connectivity index is 1.46. The lowest BCUT2D eigenvalue weighted by atomic mass is 10.1. The van der Waals surface area contributed by atoms with Crippen LogP contribution < -0.4 is 9.47 Å². The fraction of sp³-hybridized carbons (Fsp3) is 0.280. The van der Waals surface area contributed by atoms with Gasteiger partial charge in [0, 0.05) is 30.3 Å². The molecule has 1 heterocycles. The van der Waals surface area contributed by atoms with E-state index in [1.54, 1.807) is 48.3 Å². The van der Waals surface area contributed by atoms with Crippen molar-refractivity contribution in [3.8, 4) is 22.8 Å². The first kappa shape index (κ1) is 28.1. The highest BCUT2D eigenvalue weighted by Crippen LogP contribution is 2.37. The summed E-state index contributed by atoms with van der Waals surface area (Å²) in [6.07, 6.45) is 4.43. The first-order chi connectivity index (χ1) is 17.3. The number of benzene rings is 2. The number of nitrogens with zero attached hydrogens (tertiary/aromatic N) is 3. The molecule has 0 aliphatic carbocycles. The molecule has 0 fully saturated rings. The lowest BCUT2D eigenvalue weighted by molar-refractivity contribution is 0.137. The van der Waals surface area contributed by atoms with Gasteiger partial charge in [0.15, 0.2) is 5.75 Å². The van der Waals surface area contributed by atoms with Gasteiger partial charge in [0.2, 0.25) is 0 Å². The van der Waals surface area contributed by atoms with E-state index in [-0.39, 0.29) is 16.9 Å². The summed E-state index contributed by atoms with van der Waals surface area (Å²) in [4.78, 5) is 5.38. The summed E-state index contributed by atoms with van der Waals surface area (Å²) < 4.78 is 27.2. The average Bonchev–Trinajstić information content (AvgIpc) is 3.09. The van der Waals surface area contributed by atoms with Gasteiger partial charge in [0.05, 0.1) is 34.3 Å². The molecule has 0 radical (unpaired) electrons. The molecule has 0 atom stereocenters. The topological polar surface area (TPSA) is 57.9 Å². The quantitative estimate of drug-likeness (QED) is 0.126. The molecule has 0 amide bonds. The van der Waals surface area contributed by atoms with E-state index in [2.05, 4.69) is 10.3 Å². The number of ether oxygens (including phenoxy) is 2. The molecule has 0 unspecified atom stereocenters. The lowest BCUT2D eigenvalue weighted by Crippen LogP contribution is -2.01. The van der Waals surface area contributed by atoms with Crippen LogP contribution in [-0.4, -0.2) is 35.8 Å². The largest absolute Gasteiger partial charge is 0.490 e. The maximum Gasteiger partial charge on any atom is 0.156 e. The molecular formula is C25H24Cl4FN3O3. The summed E-state index contributed by atoms with van der Waals surface area (Å²) >= 11 is 23.6. The number of unbranched alkanes of at least 4 members (excludes halogenated alkanes) is 1. The Hall–Kier alpha value is -2.45. The van der Waals surface area contributed by atoms with Crippen LogP contribution in [0.15, 0.2) is 52.1 Å². The van der Waals surface area contributed by atoms with Gasteiger partial charge in [-0.2, -0.15) is 5.10 Å². The van der Waals surface area contributed by atoms with Gasteiger partial charge in [0.25, 0.3) is 0 Å². The Morgan fingerprint density at radius 3 is 2.47 bits per heavy atom. The zero-order valence-corrected chi connectivity index (χ0v) is 22.6. The van der Waals surface area contributed by atoms with E-state index in [4.69, 9.17) is 60.7 Å². The minimum atomic E-state index is -0.327. The predicted molar refractivity (Wildman–Crippen MR) is 143 cm³/mol. The van der Waals surface area contributed by atoms with Gasteiger partial charge < -0.3 is 14.3 Å². The fourth-order valence-electron chi connectivity index (χ4n) is 3.35. The van der Waals surface area contributed by atoms with Crippen molar-refractivity contribution in [2.24, 2.45) is 12.2 Å². The Labute approximate surface area is 229 Å². The molecule has 0 saturated carbocycles. The van der Waals surface area contributed by atoms with Crippen molar-refractivity contribution in [2.75, 3.05) is 19.8 Å². The lowest BCUT2D eigenvalue weighted by Gasteiger charge is -2.12. The summed E-state index contributed by atoms with van der Waals surface area (Å²) in [5.41, 5.74) is 2.51. The van der Waals surface area contributed by atoms with Crippen LogP contribution in [0.2, 0.25) is 10.0 Å². The van der Waals surface area contributed by atoms with Crippen LogP contribution in [0, 0.1) is 12.7 Å². The standard InChI is InChI=1S/C25H24Cl4FN3O3/c1-16-19(24(33(2)32-16)18-7-3-4-8-22(18)30)15-31-36-11-6-5-10-35-25-20(26)13-17(14-21(25)27)34-12-9-23(28)29/h3-4,7-9,13-15H,5-6,10-12H2,1-2H3/b31-15+. The number of hydrogen-bond acceptors (Lipinski definition) is 5. The summed E-state index contributed by atoms with van der Waals surface area (Å²) in [5.74, 6) is 0.520. The molecule has 0 aliphatic heterocycles. The number of hydrogen-bond donors (Lipinski definition) is 0. The van der Waals surface area contributed by atoms with Crippen molar-refractivity contribution in [3.63, 3.8) is 0 Å². The number of rotatable bonds is 12. The molecule has 0 N–H and O–H groups in total. The molecule has 2 aromatic carbocycles. The summed E-state index contributed by atoms with van der Waals surface area (Å²) in [7, 11) is 1.76. The van der Waals surface area contributed by atoms with Gasteiger partial charge in [-0.25, -0.2) is 4.39 Å². The Morgan fingerprint density at radius 1 is 1.08 bits per heavy atom. The van der Waals surface area contributed by atoms with Gasteiger partial charge in [0.1, 0.15) is 29.3 Å². The third-order valence-corrected chi connectivity index (χ3v) is 5.86. The molecule has 11 heteroatoms. The molecular weight excluding hydrogens is 551 g/mol. The van der Waals surface area contributed by atoms with Crippen LogP contribution in [0.3, 0.4) is 0 Å². The van der Waals surface area contributed by atoms with E-state index < -0.39 is 0 Å². The monoisotopic (exact) mass is 573 g/mol. The fourth-order valence-corrected chi connectivity index (χ4v) is 4.05. The van der Waals surface area contributed by atoms with E-state index in [0.717, 1.165) is 5.69 Å². The van der Waals surface area contributed by atoms with Crippen molar-refractivity contribution in [3.05, 3.63) is 74.1 Å². The van der Waals surface area contributed by atoms with Gasteiger partial charge >= 0.3 is 0 Å². The minimum absolute atomic E-state index is 0.112. The summed E-state index contributed by atoms with van der Waals surface area (Å²) in [5, 5.41) is 9.08. The van der Waals surface area contributed by atoms with E-state index in [1.165, 1.54) is 12.1 Å². The van der Waals surface area contributed by atoms with Crippen LogP contribution in [0.5, 0.6) is 11.5 Å². The van der Waals surface area contributed by atoms with Crippen molar-refractivity contribution in [2.45, 2.75) is 19.8 Å². The van der Waals surface area contributed by atoms with Gasteiger partial charge in [-0.05, 0) is 38.0 Å². The average molecular weight is 575 g/mol. The summed E-state index contributed by atoms with van der Waals surface area (Å²) in [6.45, 7) is 2.78. The highest BCUT2D eigenvalue weighted by molar-refractivity contribution is 6.55. The molecule has 3 aromatic rings. The van der Waals surface area contributed by atoms with Gasteiger partial charge in [-0.3, -0.25) is 4.68 Å². The molecule has 6 nitrogen and oxygen atoms in total. The van der Waals surface area contributed by atoms with Crippen molar-refractivity contribution in [1.82, 2.24) is 9.78 Å². The molecule has 0 saturated heterocycles. The second kappa shape index (κ2) is 13.7. The molecule has 1 aromatic heterocycles. The highest BCUT2D eigenvalue weighted by Gasteiger charge is 2.16. The first-order valence-electron chi connectivity index (χ1n) is 11.0. The number of oxime groups is 1. The third kappa shape index (κ3) is 7.77. The smallest absolute Gasteiger partial charge is 0.156 e. The SMILES string of the molecule is Cc1nn(C)c(-c2ccccc2F)c1/C=N/OCCCCOc1c(Cl)cc(OCC=C(Cl)Cl)cc1Cl. The third-order valence-electron chi connectivity index (χ3n) is 4.99. The van der Waals surface area contributed by atoms with Crippen LogP contribution in [0.1, 0.15) is 24.1 Å². The van der Waals surface area contributed by atoms with Gasteiger partial charge in [-0.15, -0.1) is 0 Å². The predicted octanol–water partition coefficient (Wildman–Crippen LogP) is 7.75. The second-order valence-corrected chi connectivity index (χ2v) is 9.42. The van der Waals surface area contributed by atoms with Crippen molar-refractivity contribution >= 4 is 52.6 Å². The second-order valence-electron chi connectivity index (χ2n) is 7.60. The minimum Gasteiger partial charge on any atom is -0.490 e.